The first-order valence-electron chi connectivity index (χ1n) is 9.40. The SMILES string of the molecule is COc1c(/C(C)=C/C(=O)Nc2ccc(C(C)=O)cc2)cc2c(C)c(C)oc2c1C. The van der Waals surface area contributed by atoms with E-state index in [0.29, 0.717) is 17.0 Å². The van der Waals surface area contributed by atoms with E-state index in [1.54, 1.807) is 37.5 Å². The van der Waals surface area contributed by atoms with Crippen LogP contribution in [0.4, 0.5) is 5.69 Å². The van der Waals surface area contributed by atoms with Crippen LogP contribution in [0.1, 0.15) is 46.7 Å². The van der Waals surface area contributed by atoms with Gasteiger partial charge in [-0.25, -0.2) is 0 Å². The summed E-state index contributed by atoms with van der Waals surface area (Å²) in [6.45, 7) is 9.30. The van der Waals surface area contributed by atoms with Gasteiger partial charge in [0.2, 0.25) is 5.91 Å². The zero-order valence-corrected chi connectivity index (χ0v) is 17.6. The minimum absolute atomic E-state index is 0.0127. The summed E-state index contributed by atoms with van der Waals surface area (Å²) in [7, 11) is 1.62. The maximum atomic E-state index is 12.5. The van der Waals surface area contributed by atoms with E-state index in [0.717, 1.165) is 39.0 Å². The molecule has 5 nitrogen and oxygen atoms in total. The molecule has 0 saturated heterocycles. The first-order chi connectivity index (χ1) is 13.7. The summed E-state index contributed by atoms with van der Waals surface area (Å²) in [6.07, 6.45) is 1.55. The molecule has 1 amide bonds. The molecule has 0 bridgehead atoms. The third-order valence-corrected chi connectivity index (χ3v) is 5.18. The van der Waals surface area contributed by atoms with Gasteiger partial charge in [-0.3, -0.25) is 9.59 Å². The molecule has 150 valence electrons. The van der Waals surface area contributed by atoms with Crippen LogP contribution in [-0.4, -0.2) is 18.8 Å². The van der Waals surface area contributed by atoms with Gasteiger partial charge < -0.3 is 14.5 Å². The molecule has 0 aliphatic heterocycles. The zero-order chi connectivity index (χ0) is 21.3. The zero-order valence-electron chi connectivity index (χ0n) is 17.6. The monoisotopic (exact) mass is 391 g/mol. The van der Waals surface area contributed by atoms with E-state index in [2.05, 4.69) is 5.32 Å². The molecule has 3 rings (SSSR count). The van der Waals surface area contributed by atoms with Gasteiger partial charge in [0.15, 0.2) is 5.78 Å². The van der Waals surface area contributed by atoms with Crippen molar-refractivity contribution in [2.45, 2.75) is 34.6 Å². The van der Waals surface area contributed by atoms with Crippen LogP contribution in [0, 0.1) is 20.8 Å². The highest BCUT2D eigenvalue weighted by atomic mass is 16.5. The van der Waals surface area contributed by atoms with Crippen LogP contribution in [0.25, 0.3) is 16.5 Å². The van der Waals surface area contributed by atoms with Crippen molar-refractivity contribution < 1.29 is 18.7 Å². The summed E-state index contributed by atoms with van der Waals surface area (Å²) in [4.78, 5) is 23.9. The van der Waals surface area contributed by atoms with Crippen molar-refractivity contribution >= 4 is 33.9 Å². The van der Waals surface area contributed by atoms with Crippen molar-refractivity contribution in [1.29, 1.82) is 0 Å². The van der Waals surface area contributed by atoms with Gasteiger partial charge in [0.1, 0.15) is 17.1 Å². The Morgan fingerprint density at radius 1 is 1.03 bits per heavy atom. The Labute approximate surface area is 170 Å². The van der Waals surface area contributed by atoms with Gasteiger partial charge in [-0.05, 0) is 76.1 Å². The fourth-order valence-corrected chi connectivity index (χ4v) is 3.41. The molecule has 5 heteroatoms. The van der Waals surface area contributed by atoms with Crippen LogP contribution in [0.5, 0.6) is 5.75 Å². The van der Waals surface area contributed by atoms with Crippen molar-refractivity contribution in [3.05, 3.63) is 64.4 Å². The summed E-state index contributed by atoms with van der Waals surface area (Å²) in [6, 6.07) is 8.82. The van der Waals surface area contributed by atoms with E-state index in [1.807, 2.05) is 33.8 Å². The standard InChI is InChI=1S/C24H25NO4/c1-13(11-22(27)25-19-9-7-18(8-10-19)16(4)26)20-12-21-14(2)17(5)29-24(21)15(3)23(20)28-6/h7-12H,1-6H3,(H,25,27)/b13-11+. The fraction of sp³-hybridized carbons (Fsp3) is 0.250. The molecule has 0 aliphatic carbocycles. The van der Waals surface area contributed by atoms with E-state index >= 15 is 0 Å². The van der Waals surface area contributed by atoms with Gasteiger partial charge in [-0.2, -0.15) is 0 Å². The molecule has 1 N–H and O–H groups in total. The number of hydrogen-bond acceptors (Lipinski definition) is 4. The van der Waals surface area contributed by atoms with Crippen LogP contribution < -0.4 is 10.1 Å². The first-order valence-corrected chi connectivity index (χ1v) is 9.40. The number of nitrogens with one attached hydrogen (secondary N) is 1. The van der Waals surface area contributed by atoms with Gasteiger partial charge in [-0.15, -0.1) is 0 Å². The molecule has 0 fully saturated rings. The van der Waals surface area contributed by atoms with E-state index in [-0.39, 0.29) is 11.7 Å². The van der Waals surface area contributed by atoms with Crippen molar-refractivity contribution in [2.24, 2.45) is 0 Å². The van der Waals surface area contributed by atoms with E-state index in [9.17, 15) is 9.59 Å². The van der Waals surface area contributed by atoms with Crippen LogP contribution in [0.2, 0.25) is 0 Å². The number of anilines is 1. The molecule has 1 aromatic heterocycles. The molecule has 0 saturated carbocycles. The van der Waals surface area contributed by atoms with E-state index in [4.69, 9.17) is 9.15 Å². The number of furan rings is 1. The lowest BCUT2D eigenvalue weighted by Gasteiger charge is -2.13. The molecule has 0 atom stereocenters. The number of fused-ring (bicyclic) bond motifs is 1. The number of hydrogen-bond donors (Lipinski definition) is 1. The molecule has 1 heterocycles. The minimum Gasteiger partial charge on any atom is -0.496 e. The normalized spacial score (nSPS) is 11.6. The van der Waals surface area contributed by atoms with Gasteiger partial charge in [-0.1, -0.05) is 0 Å². The Hall–Kier alpha value is -3.34. The highest BCUT2D eigenvalue weighted by Crippen LogP contribution is 2.38. The number of ketones is 1. The number of rotatable bonds is 5. The predicted molar refractivity (Wildman–Crippen MR) is 116 cm³/mol. The second kappa shape index (κ2) is 7.95. The molecule has 2 aromatic carbocycles. The molecule has 3 aromatic rings. The molecule has 0 aliphatic rings. The van der Waals surface area contributed by atoms with Crippen LogP contribution >= 0.6 is 0 Å². The van der Waals surface area contributed by atoms with Crippen LogP contribution in [0.15, 0.2) is 40.8 Å². The molecule has 29 heavy (non-hydrogen) atoms. The van der Waals surface area contributed by atoms with Gasteiger partial charge in [0, 0.05) is 33.8 Å². The lowest BCUT2D eigenvalue weighted by Crippen LogP contribution is -2.09. The summed E-state index contributed by atoms with van der Waals surface area (Å²) < 4.78 is 11.5. The third-order valence-electron chi connectivity index (χ3n) is 5.18. The molecule has 0 spiro atoms. The lowest BCUT2D eigenvalue weighted by atomic mass is 9.98. The highest BCUT2D eigenvalue weighted by molar-refractivity contribution is 6.05. The second-order valence-electron chi connectivity index (χ2n) is 7.19. The number of carbonyl (C=O) groups excluding carboxylic acids is 2. The maximum Gasteiger partial charge on any atom is 0.248 e. The van der Waals surface area contributed by atoms with Crippen molar-refractivity contribution in [2.75, 3.05) is 12.4 Å². The summed E-state index contributed by atoms with van der Waals surface area (Å²) in [5, 5.41) is 3.84. The summed E-state index contributed by atoms with van der Waals surface area (Å²) >= 11 is 0. The number of ether oxygens (including phenoxy) is 1. The van der Waals surface area contributed by atoms with Crippen molar-refractivity contribution in [3.8, 4) is 5.75 Å². The van der Waals surface area contributed by atoms with Gasteiger partial charge in [0.25, 0.3) is 0 Å². The quantitative estimate of drug-likeness (QED) is 0.453. The van der Waals surface area contributed by atoms with Gasteiger partial charge >= 0.3 is 0 Å². The van der Waals surface area contributed by atoms with Crippen molar-refractivity contribution in [1.82, 2.24) is 0 Å². The minimum atomic E-state index is -0.252. The average Bonchev–Trinajstić information content (AvgIpc) is 2.96. The van der Waals surface area contributed by atoms with Crippen LogP contribution in [-0.2, 0) is 4.79 Å². The highest BCUT2D eigenvalue weighted by Gasteiger charge is 2.18. The Morgan fingerprint density at radius 3 is 2.28 bits per heavy atom. The fourth-order valence-electron chi connectivity index (χ4n) is 3.41. The number of amides is 1. The molecule has 0 radical (unpaired) electrons. The largest absolute Gasteiger partial charge is 0.496 e. The topological polar surface area (TPSA) is 68.5 Å². The second-order valence-corrected chi connectivity index (χ2v) is 7.19. The smallest absolute Gasteiger partial charge is 0.248 e. The van der Waals surface area contributed by atoms with Crippen LogP contribution in [0.3, 0.4) is 0 Å². The maximum absolute atomic E-state index is 12.5. The summed E-state index contributed by atoms with van der Waals surface area (Å²) in [5.41, 5.74) is 5.66. The molecule has 0 unspecified atom stereocenters. The van der Waals surface area contributed by atoms with Gasteiger partial charge in [0.05, 0.1) is 7.11 Å². The Kier molecular flexibility index (Phi) is 5.59. The molecular formula is C24H25NO4. The third kappa shape index (κ3) is 3.94. The Bertz CT molecular complexity index is 1130. The molecular weight excluding hydrogens is 366 g/mol. The van der Waals surface area contributed by atoms with E-state index < -0.39 is 0 Å². The van der Waals surface area contributed by atoms with E-state index in [1.165, 1.54) is 6.92 Å². The first kappa shape index (κ1) is 20.4. The lowest BCUT2D eigenvalue weighted by molar-refractivity contribution is -0.111. The average molecular weight is 391 g/mol. The number of allylic oxidation sites excluding steroid dienone is 1. The van der Waals surface area contributed by atoms with Crippen molar-refractivity contribution in [3.63, 3.8) is 0 Å². The number of carbonyl (C=O) groups is 2. The summed E-state index contributed by atoms with van der Waals surface area (Å²) in [5.74, 6) is 1.30. The number of Topliss-reactive ketones (excluding diaryl/α,β-unsaturated/α-hetero) is 1. The Balaban J connectivity index is 1.94. The predicted octanol–water partition coefficient (Wildman–Crippen LogP) is 5.61. The number of aryl methyl sites for hydroxylation is 3. The number of benzene rings is 2. The Morgan fingerprint density at radius 2 is 1.69 bits per heavy atom. The number of methoxy groups -OCH3 is 1.